The molecule has 2 fully saturated rings. The van der Waals surface area contributed by atoms with E-state index in [-0.39, 0.29) is 23.9 Å². The number of halogens is 1. The Kier molecular flexibility index (Phi) is 4.63. The van der Waals surface area contributed by atoms with Crippen LogP contribution in [0.4, 0.5) is 10.2 Å². The van der Waals surface area contributed by atoms with E-state index < -0.39 is 5.67 Å². The van der Waals surface area contributed by atoms with Crippen molar-refractivity contribution in [3.63, 3.8) is 0 Å². The Hall–Kier alpha value is -2.44. The number of carbonyl (C=O) groups is 1. The first-order valence-corrected chi connectivity index (χ1v) is 10.0. The van der Waals surface area contributed by atoms with Gasteiger partial charge in [-0.3, -0.25) is 4.79 Å². The molecule has 1 aliphatic carbocycles. The Morgan fingerprint density at radius 1 is 1.46 bits per heavy atom. The Balaban J connectivity index is 1.59. The average Bonchev–Trinajstić information content (AvgIpc) is 3.10. The summed E-state index contributed by atoms with van der Waals surface area (Å²) in [6.45, 7) is 10.2. The molecule has 150 valence electrons. The lowest BCUT2D eigenvalue weighted by Gasteiger charge is -2.41. The first-order valence-electron chi connectivity index (χ1n) is 10.0. The maximum atomic E-state index is 14.3. The lowest BCUT2D eigenvalue weighted by molar-refractivity contribution is -0.130. The SMILES string of the molecule is C=CC(=O)N1C[C@@H](Nc2ncnc3[nH]cc([C@H]4CC4(C)F)c23)CC[C@H]1C(C)C. The minimum absolute atomic E-state index is 0.0356. The first kappa shape index (κ1) is 18.9. The number of carbonyl (C=O) groups excluding carboxylic acids is 1. The topological polar surface area (TPSA) is 73.9 Å². The summed E-state index contributed by atoms with van der Waals surface area (Å²) in [5.41, 5.74) is 0.480. The van der Waals surface area contributed by atoms with Gasteiger partial charge in [0.05, 0.1) is 5.39 Å². The van der Waals surface area contributed by atoms with E-state index in [1.165, 1.54) is 12.4 Å². The highest BCUT2D eigenvalue weighted by atomic mass is 19.1. The monoisotopic (exact) mass is 385 g/mol. The van der Waals surface area contributed by atoms with Crippen LogP contribution < -0.4 is 5.32 Å². The van der Waals surface area contributed by atoms with Crippen LogP contribution in [0.25, 0.3) is 11.0 Å². The third-order valence-corrected chi connectivity index (χ3v) is 6.24. The molecule has 7 heteroatoms. The van der Waals surface area contributed by atoms with Crippen molar-refractivity contribution >= 4 is 22.8 Å². The van der Waals surface area contributed by atoms with Gasteiger partial charge >= 0.3 is 0 Å². The summed E-state index contributed by atoms with van der Waals surface area (Å²) in [5, 5.41) is 4.37. The molecule has 0 aromatic carbocycles. The predicted octanol–water partition coefficient (Wildman–Crippen LogP) is 3.79. The molecule has 1 unspecified atom stereocenters. The molecule has 2 N–H and O–H groups in total. The van der Waals surface area contributed by atoms with Crippen LogP contribution in [0.15, 0.2) is 25.2 Å². The molecule has 4 rings (SSSR count). The molecule has 1 amide bonds. The zero-order valence-corrected chi connectivity index (χ0v) is 16.7. The minimum Gasteiger partial charge on any atom is -0.365 e. The third-order valence-electron chi connectivity index (χ3n) is 6.24. The van der Waals surface area contributed by atoms with Gasteiger partial charge in [0.1, 0.15) is 23.5 Å². The van der Waals surface area contributed by atoms with Crippen molar-refractivity contribution in [3.8, 4) is 0 Å². The van der Waals surface area contributed by atoms with E-state index in [4.69, 9.17) is 0 Å². The van der Waals surface area contributed by atoms with Crippen molar-refractivity contribution in [2.24, 2.45) is 5.92 Å². The van der Waals surface area contributed by atoms with Gasteiger partial charge in [-0.1, -0.05) is 20.4 Å². The van der Waals surface area contributed by atoms with Gasteiger partial charge in [-0.2, -0.15) is 0 Å². The number of nitrogens with one attached hydrogen (secondary N) is 2. The Bertz CT molecular complexity index is 905. The van der Waals surface area contributed by atoms with Gasteiger partial charge in [0.2, 0.25) is 5.91 Å². The lowest BCUT2D eigenvalue weighted by Crippen LogP contribution is -2.52. The van der Waals surface area contributed by atoms with Crippen molar-refractivity contribution in [1.29, 1.82) is 0 Å². The second-order valence-corrected chi connectivity index (χ2v) is 8.65. The van der Waals surface area contributed by atoms with Crippen LogP contribution in [0.1, 0.15) is 51.5 Å². The number of amides is 1. The van der Waals surface area contributed by atoms with Crippen LogP contribution in [0, 0.1) is 5.92 Å². The normalized spacial score (nSPS) is 29.9. The van der Waals surface area contributed by atoms with Gasteiger partial charge in [0.25, 0.3) is 0 Å². The summed E-state index contributed by atoms with van der Waals surface area (Å²) in [6.07, 6.45) is 7.14. The van der Waals surface area contributed by atoms with E-state index >= 15 is 0 Å². The molecule has 0 spiro atoms. The van der Waals surface area contributed by atoms with Crippen molar-refractivity contribution in [2.75, 3.05) is 11.9 Å². The number of nitrogens with zero attached hydrogens (tertiary/aromatic N) is 3. The zero-order valence-electron chi connectivity index (χ0n) is 16.7. The van der Waals surface area contributed by atoms with Crippen LogP contribution in [0.3, 0.4) is 0 Å². The number of aromatic nitrogens is 3. The van der Waals surface area contributed by atoms with Gasteiger partial charge < -0.3 is 15.2 Å². The Morgan fingerprint density at radius 2 is 2.21 bits per heavy atom. The third kappa shape index (κ3) is 3.27. The number of fused-ring (bicyclic) bond motifs is 1. The van der Waals surface area contributed by atoms with Crippen LogP contribution >= 0.6 is 0 Å². The quantitative estimate of drug-likeness (QED) is 0.768. The fraction of sp³-hybridized carbons (Fsp3) is 0.571. The molecule has 2 aromatic rings. The number of likely N-dealkylation sites (tertiary alicyclic amines) is 1. The molecule has 2 aromatic heterocycles. The predicted molar refractivity (Wildman–Crippen MR) is 108 cm³/mol. The molecule has 1 saturated carbocycles. The number of anilines is 1. The molecule has 28 heavy (non-hydrogen) atoms. The largest absolute Gasteiger partial charge is 0.365 e. The average molecular weight is 385 g/mol. The summed E-state index contributed by atoms with van der Waals surface area (Å²) < 4.78 is 14.3. The molecular formula is C21H28FN5O. The van der Waals surface area contributed by atoms with E-state index in [1.807, 2.05) is 11.1 Å². The maximum absolute atomic E-state index is 14.3. The fourth-order valence-corrected chi connectivity index (χ4v) is 4.51. The molecule has 1 saturated heterocycles. The second-order valence-electron chi connectivity index (χ2n) is 8.65. The van der Waals surface area contributed by atoms with Crippen LogP contribution in [0.5, 0.6) is 0 Å². The first-order chi connectivity index (χ1) is 13.3. The van der Waals surface area contributed by atoms with E-state index in [1.54, 1.807) is 6.92 Å². The van der Waals surface area contributed by atoms with Gasteiger partial charge in [-0.05, 0) is 43.7 Å². The highest BCUT2D eigenvalue weighted by Crippen LogP contribution is 2.56. The fourth-order valence-electron chi connectivity index (χ4n) is 4.51. The highest BCUT2D eigenvalue weighted by Gasteiger charge is 2.53. The number of piperidine rings is 1. The summed E-state index contributed by atoms with van der Waals surface area (Å²) in [4.78, 5) is 26.2. The molecule has 2 aliphatic rings. The number of rotatable bonds is 5. The summed E-state index contributed by atoms with van der Waals surface area (Å²) in [7, 11) is 0. The number of alkyl halides is 1. The standard InChI is InChI=1S/C21H28FN5O/c1-5-17(28)27-10-13(6-7-16(27)12(2)3)26-20-18-14(15-8-21(15,4)22)9-23-19(18)24-11-25-20/h5,9,11-13,15-16H,1,6-8,10H2,2-4H3,(H2,23,24,25,26)/t13-,15+,16-,21?/m0/s1. The second kappa shape index (κ2) is 6.87. The number of hydrogen-bond acceptors (Lipinski definition) is 4. The molecule has 0 radical (unpaired) electrons. The summed E-state index contributed by atoms with van der Waals surface area (Å²) >= 11 is 0. The van der Waals surface area contributed by atoms with Gasteiger partial charge in [0, 0.05) is 30.7 Å². The van der Waals surface area contributed by atoms with Crippen LogP contribution in [-0.2, 0) is 4.79 Å². The zero-order chi connectivity index (χ0) is 20.1. The molecule has 0 bridgehead atoms. The molecular weight excluding hydrogens is 357 g/mol. The highest BCUT2D eigenvalue weighted by molar-refractivity contribution is 5.91. The molecule has 3 heterocycles. The van der Waals surface area contributed by atoms with E-state index in [2.05, 4.69) is 40.7 Å². The molecule has 6 nitrogen and oxygen atoms in total. The number of hydrogen-bond donors (Lipinski definition) is 2. The number of H-pyrrole nitrogens is 1. The van der Waals surface area contributed by atoms with Gasteiger partial charge in [-0.25, -0.2) is 14.4 Å². The minimum atomic E-state index is -1.16. The summed E-state index contributed by atoms with van der Waals surface area (Å²) in [5.74, 6) is 0.946. The van der Waals surface area contributed by atoms with Crippen LogP contribution in [0.2, 0.25) is 0 Å². The Morgan fingerprint density at radius 3 is 2.86 bits per heavy atom. The van der Waals surface area contributed by atoms with Crippen molar-refractivity contribution in [3.05, 3.63) is 30.7 Å². The molecule has 1 aliphatic heterocycles. The summed E-state index contributed by atoms with van der Waals surface area (Å²) in [6, 6.07) is 0.297. The Labute approximate surface area is 164 Å². The maximum Gasteiger partial charge on any atom is 0.246 e. The van der Waals surface area contributed by atoms with Crippen molar-refractivity contribution in [2.45, 2.75) is 63.7 Å². The van der Waals surface area contributed by atoms with Crippen molar-refractivity contribution in [1.82, 2.24) is 19.9 Å². The lowest BCUT2D eigenvalue weighted by atomic mass is 9.90. The molecule has 4 atom stereocenters. The van der Waals surface area contributed by atoms with Gasteiger partial charge in [-0.15, -0.1) is 0 Å². The van der Waals surface area contributed by atoms with Gasteiger partial charge in [0.15, 0.2) is 0 Å². The van der Waals surface area contributed by atoms with Crippen molar-refractivity contribution < 1.29 is 9.18 Å². The number of aromatic amines is 1. The van der Waals surface area contributed by atoms with Crippen LogP contribution in [-0.4, -0.2) is 50.1 Å². The van der Waals surface area contributed by atoms with E-state index in [9.17, 15) is 9.18 Å². The van der Waals surface area contributed by atoms with E-state index in [0.29, 0.717) is 30.3 Å². The van der Waals surface area contributed by atoms with E-state index in [0.717, 1.165) is 23.8 Å². The smallest absolute Gasteiger partial charge is 0.246 e.